The van der Waals surface area contributed by atoms with Crippen LogP contribution in [-0.2, 0) is 0 Å². The van der Waals surface area contributed by atoms with Crippen LogP contribution < -0.4 is 0 Å². The molecule has 0 aliphatic rings. The summed E-state index contributed by atoms with van der Waals surface area (Å²) in [5.41, 5.74) is 0.952. The summed E-state index contributed by atoms with van der Waals surface area (Å²) >= 11 is 5.73. The van der Waals surface area contributed by atoms with Crippen LogP contribution in [0.25, 0.3) is 0 Å². The minimum atomic E-state index is -0.437. The Bertz CT molecular complexity index is 552. The fraction of sp³-hybridized carbons (Fsp3) is 0. The summed E-state index contributed by atoms with van der Waals surface area (Å²) in [5, 5.41) is 12.3. The third-order valence-electron chi connectivity index (χ3n) is 2.20. The van der Waals surface area contributed by atoms with E-state index < -0.39 is 5.82 Å². The molecule has 17 heavy (non-hydrogen) atoms. The normalized spacial score (nSPS) is 11.5. The molecule has 0 aromatic heterocycles. The Morgan fingerprint density at radius 1 is 1.12 bits per heavy atom. The zero-order valence-corrected chi connectivity index (χ0v) is 9.56. The first-order valence-electron chi connectivity index (χ1n) is 4.97. The number of benzene rings is 2. The monoisotopic (exact) mass is 249 g/mol. The molecule has 2 aromatic carbocycles. The van der Waals surface area contributed by atoms with Gasteiger partial charge in [-0.3, -0.25) is 0 Å². The summed E-state index contributed by atoms with van der Waals surface area (Å²) in [6.45, 7) is 0. The molecule has 0 bridgehead atoms. The van der Waals surface area contributed by atoms with E-state index in [1.165, 1.54) is 24.4 Å². The third-order valence-corrected chi connectivity index (χ3v) is 2.45. The van der Waals surface area contributed by atoms with E-state index in [0.29, 0.717) is 15.3 Å². The molecule has 0 fully saturated rings. The molecule has 0 aliphatic heterocycles. The van der Waals surface area contributed by atoms with E-state index in [0.717, 1.165) is 0 Å². The van der Waals surface area contributed by atoms with Gasteiger partial charge in [-0.15, -0.1) is 0 Å². The topological polar surface area (TPSA) is 26.1 Å². The van der Waals surface area contributed by atoms with Crippen molar-refractivity contribution in [3.8, 4) is 0 Å². The van der Waals surface area contributed by atoms with E-state index in [4.69, 9.17) is 11.6 Å². The average Bonchev–Trinajstić information content (AvgIpc) is 2.32. The van der Waals surface area contributed by atoms with Crippen LogP contribution in [0.5, 0.6) is 0 Å². The lowest BCUT2D eigenvalue weighted by molar-refractivity contribution is -0.354. The van der Waals surface area contributed by atoms with Gasteiger partial charge >= 0.3 is 0 Å². The predicted molar refractivity (Wildman–Crippen MR) is 66.3 cm³/mol. The Morgan fingerprint density at radius 2 is 1.82 bits per heavy atom. The van der Waals surface area contributed by atoms with Gasteiger partial charge in [-0.25, -0.2) is 4.39 Å². The van der Waals surface area contributed by atoms with Crippen LogP contribution in [0.2, 0.25) is 5.02 Å². The summed E-state index contributed by atoms with van der Waals surface area (Å²) in [7, 11) is 0. The fourth-order valence-electron chi connectivity index (χ4n) is 1.37. The molecule has 0 saturated heterocycles. The fourth-order valence-corrected chi connectivity index (χ4v) is 1.50. The third kappa shape index (κ3) is 3.04. The molecule has 0 saturated carbocycles. The van der Waals surface area contributed by atoms with Crippen LogP contribution >= 0.6 is 11.6 Å². The molecular formula is C13H9ClFNO. The molecule has 0 amide bonds. The van der Waals surface area contributed by atoms with Crippen molar-refractivity contribution in [2.24, 2.45) is 0 Å². The SMILES string of the molecule is [O-][N+](=Cc1ccc(Cl)cc1)c1cccc(F)c1. The molecule has 0 N–H and O–H groups in total. The van der Waals surface area contributed by atoms with Crippen LogP contribution in [0.4, 0.5) is 10.1 Å². The summed E-state index contributed by atoms with van der Waals surface area (Å²) in [5.74, 6) is -0.437. The van der Waals surface area contributed by atoms with E-state index in [-0.39, 0.29) is 5.69 Å². The summed E-state index contributed by atoms with van der Waals surface area (Å²) in [4.78, 5) is 0. The second kappa shape index (κ2) is 4.97. The zero-order valence-electron chi connectivity index (χ0n) is 8.81. The van der Waals surface area contributed by atoms with Crippen molar-refractivity contribution in [1.82, 2.24) is 0 Å². The van der Waals surface area contributed by atoms with E-state index >= 15 is 0 Å². The molecule has 0 heterocycles. The maximum Gasteiger partial charge on any atom is 0.219 e. The summed E-state index contributed by atoms with van der Waals surface area (Å²) in [6.07, 6.45) is 1.37. The van der Waals surface area contributed by atoms with Gasteiger partial charge < -0.3 is 5.21 Å². The maximum atomic E-state index is 12.9. The Kier molecular flexibility index (Phi) is 3.40. The van der Waals surface area contributed by atoms with Crippen LogP contribution in [0, 0.1) is 11.0 Å². The van der Waals surface area contributed by atoms with Gasteiger partial charge in [0.2, 0.25) is 5.69 Å². The lowest BCUT2D eigenvalue weighted by atomic mass is 10.2. The molecule has 4 heteroatoms. The van der Waals surface area contributed by atoms with Gasteiger partial charge in [0.25, 0.3) is 0 Å². The van der Waals surface area contributed by atoms with Gasteiger partial charge in [-0.2, -0.15) is 4.74 Å². The molecule has 0 unspecified atom stereocenters. The lowest BCUT2D eigenvalue weighted by Gasteiger charge is -2.02. The van der Waals surface area contributed by atoms with E-state index in [2.05, 4.69) is 0 Å². The second-order valence-electron chi connectivity index (χ2n) is 3.49. The minimum Gasteiger partial charge on any atom is -0.618 e. The first-order chi connectivity index (χ1) is 8.15. The molecule has 2 nitrogen and oxygen atoms in total. The van der Waals surface area contributed by atoms with Gasteiger partial charge in [0.05, 0.1) is 0 Å². The summed E-state index contributed by atoms with van der Waals surface area (Å²) < 4.78 is 13.5. The standard InChI is InChI=1S/C13H9ClFNO/c14-11-6-4-10(5-7-11)9-16(17)13-3-1-2-12(15)8-13/h1-9H. The van der Waals surface area contributed by atoms with Gasteiger partial charge in [-0.05, 0) is 30.3 Å². The highest BCUT2D eigenvalue weighted by Crippen LogP contribution is 2.13. The molecule has 86 valence electrons. The molecular weight excluding hydrogens is 241 g/mol. The first-order valence-corrected chi connectivity index (χ1v) is 5.35. The highest BCUT2D eigenvalue weighted by Gasteiger charge is 2.03. The molecule has 2 rings (SSSR count). The first kappa shape index (κ1) is 11.6. The van der Waals surface area contributed by atoms with Crippen molar-refractivity contribution in [1.29, 1.82) is 0 Å². The van der Waals surface area contributed by atoms with Gasteiger partial charge in [0.1, 0.15) is 5.82 Å². The van der Waals surface area contributed by atoms with Crippen LogP contribution in [-0.4, -0.2) is 11.0 Å². The molecule has 2 aromatic rings. The van der Waals surface area contributed by atoms with Crippen molar-refractivity contribution in [2.45, 2.75) is 0 Å². The highest BCUT2D eigenvalue weighted by molar-refractivity contribution is 6.30. The van der Waals surface area contributed by atoms with E-state index in [1.807, 2.05) is 0 Å². The van der Waals surface area contributed by atoms with Crippen molar-refractivity contribution in [3.63, 3.8) is 0 Å². The second-order valence-corrected chi connectivity index (χ2v) is 3.92. The molecule has 0 spiro atoms. The molecule has 0 radical (unpaired) electrons. The van der Waals surface area contributed by atoms with Crippen LogP contribution in [0.3, 0.4) is 0 Å². The van der Waals surface area contributed by atoms with Gasteiger partial charge in [0, 0.05) is 22.7 Å². The van der Waals surface area contributed by atoms with Crippen molar-refractivity contribution in [2.75, 3.05) is 0 Å². The Labute approximate surface area is 103 Å². The quantitative estimate of drug-likeness (QED) is 0.345. The van der Waals surface area contributed by atoms with E-state index in [1.54, 1.807) is 30.3 Å². The molecule has 0 aliphatic carbocycles. The number of hydrogen-bond acceptors (Lipinski definition) is 1. The van der Waals surface area contributed by atoms with Crippen LogP contribution in [0.15, 0.2) is 48.5 Å². The smallest absolute Gasteiger partial charge is 0.219 e. The molecule has 0 atom stereocenters. The zero-order chi connectivity index (χ0) is 12.3. The van der Waals surface area contributed by atoms with Crippen molar-refractivity contribution in [3.05, 3.63) is 70.1 Å². The largest absolute Gasteiger partial charge is 0.618 e. The van der Waals surface area contributed by atoms with Crippen LogP contribution in [0.1, 0.15) is 5.56 Å². The Morgan fingerprint density at radius 3 is 2.47 bits per heavy atom. The predicted octanol–water partition coefficient (Wildman–Crippen LogP) is 3.74. The highest BCUT2D eigenvalue weighted by atomic mass is 35.5. The average molecular weight is 250 g/mol. The number of halogens is 2. The van der Waals surface area contributed by atoms with E-state index in [9.17, 15) is 9.60 Å². The van der Waals surface area contributed by atoms with Crippen molar-refractivity contribution >= 4 is 23.5 Å². The number of hydrogen-bond donors (Lipinski definition) is 0. The Balaban J connectivity index is 2.30. The maximum absolute atomic E-state index is 12.9. The van der Waals surface area contributed by atoms with Gasteiger partial charge in [-0.1, -0.05) is 17.7 Å². The van der Waals surface area contributed by atoms with Gasteiger partial charge in [0.15, 0.2) is 6.21 Å². The minimum absolute atomic E-state index is 0.250. The number of rotatable bonds is 2. The lowest BCUT2D eigenvalue weighted by Crippen LogP contribution is -1.98. The summed E-state index contributed by atoms with van der Waals surface area (Å²) in [6, 6.07) is 12.3. The number of nitrogens with zero attached hydrogens (tertiary/aromatic N) is 1. The Hall–Kier alpha value is -1.87. The van der Waals surface area contributed by atoms with Crippen molar-refractivity contribution < 1.29 is 9.13 Å².